The summed E-state index contributed by atoms with van der Waals surface area (Å²) in [5.74, 6) is 0. The molecule has 0 rings (SSSR count). The molecular weight excluding hydrogens is 240 g/mol. The summed E-state index contributed by atoms with van der Waals surface area (Å²) in [4.78, 5) is 0. The summed E-state index contributed by atoms with van der Waals surface area (Å²) in [5.41, 5.74) is 0. The summed E-state index contributed by atoms with van der Waals surface area (Å²) >= 11 is 0. The van der Waals surface area contributed by atoms with Crippen LogP contribution in [0.25, 0.3) is 0 Å². The number of hydrogen-bond acceptors (Lipinski definition) is 0. The van der Waals surface area contributed by atoms with E-state index in [4.69, 9.17) is 0 Å². The van der Waals surface area contributed by atoms with E-state index >= 15 is 0 Å². The van der Waals surface area contributed by atoms with Gasteiger partial charge in [-0.3, -0.25) is 0 Å². The first kappa shape index (κ1) is 290. The van der Waals surface area contributed by atoms with Gasteiger partial charge in [0.05, 0.1) is 0 Å². The zero-order valence-electron chi connectivity index (χ0n) is 3.25. The van der Waals surface area contributed by atoms with Gasteiger partial charge in [-0.05, 0) is 0 Å². The van der Waals surface area contributed by atoms with Crippen molar-refractivity contribution in [1.29, 1.82) is 0 Å². The van der Waals surface area contributed by atoms with Gasteiger partial charge in [-0.25, -0.2) is 0 Å². The van der Waals surface area contributed by atoms with Crippen molar-refractivity contribution in [2.45, 2.75) is 0 Å². The maximum atomic E-state index is 0. The van der Waals surface area contributed by atoms with Gasteiger partial charge >= 0.3 is 55.9 Å². The minimum absolute atomic E-state index is 0. The Morgan fingerprint density at radius 2 is 0.375 bits per heavy atom. The summed E-state index contributed by atoms with van der Waals surface area (Å²) in [5, 5.41) is 0. The summed E-state index contributed by atoms with van der Waals surface area (Å²) in [7, 11) is 0. The fourth-order valence-corrected chi connectivity index (χ4v) is 0. The molecule has 0 atom stereocenters. The van der Waals surface area contributed by atoms with Crippen LogP contribution in [0.1, 0.15) is 0 Å². The Bertz CT molecular complexity index is 10.4. The number of rotatable bonds is 0. The van der Waals surface area contributed by atoms with Gasteiger partial charge in [-0.2, -0.15) is 0 Å². The van der Waals surface area contributed by atoms with Crippen molar-refractivity contribution in [3.63, 3.8) is 0 Å². The van der Waals surface area contributed by atoms with Crippen molar-refractivity contribution in [2.24, 2.45) is 0 Å². The molecule has 0 saturated carbocycles. The van der Waals surface area contributed by atoms with Crippen LogP contribution in [-0.2, 0) is 83.2 Å². The molecule has 50 valence electrons. The molecule has 2 radical (unpaired) electrons. The molecule has 5 nitrogen and oxygen atoms in total. The van der Waals surface area contributed by atoms with Gasteiger partial charge in [0.1, 0.15) is 0 Å². The molecule has 0 aliphatic carbocycles. The second-order valence-corrected chi connectivity index (χ2v) is 0. The first-order valence-corrected chi connectivity index (χ1v) is 0. The third kappa shape index (κ3) is 134. The van der Waals surface area contributed by atoms with Gasteiger partial charge < -0.3 is 27.4 Å². The Hall–Kier alpha value is 1.55. The van der Waals surface area contributed by atoms with E-state index in [9.17, 15) is 0 Å². The minimum Gasteiger partial charge on any atom is -2.00 e. The first-order chi connectivity index (χ1) is 0. The van der Waals surface area contributed by atoms with Gasteiger partial charge in [0, 0.05) is 0 Å². The molecule has 0 unspecified atom stereocenters. The number of hydrogen-bond donors (Lipinski definition) is 0. The van der Waals surface area contributed by atoms with Crippen molar-refractivity contribution in [3.8, 4) is 0 Å². The quantitative estimate of drug-likeness (QED) is 0.497. The third-order valence-electron chi connectivity index (χ3n) is 0. The molecule has 0 aliphatic rings. The SMILES string of the molecule is [Fe+3].[Fe+3].[O-2].[O-2].[O-2].[O-2].[O-2].[Ti+4]. The van der Waals surface area contributed by atoms with Crippen molar-refractivity contribution in [1.82, 2.24) is 0 Å². The Labute approximate surface area is 83.0 Å². The van der Waals surface area contributed by atoms with E-state index in [0.717, 1.165) is 0 Å². The van der Waals surface area contributed by atoms with Crippen molar-refractivity contribution < 1.29 is 83.2 Å². The smallest absolute Gasteiger partial charge is 2.00 e. The molecule has 8 heavy (non-hydrogen) atoms. The standard InChI is InChI=1S/2Fe.5O.Ti/q2*+3;5*-2;+4. The molecule has 8 heteroatoms. The summed E-state index contributed by atoms with van der Waals surface area (Å²) in [6.07, 6.45) is 0. The molecule has 0 aromatic carbocycles. The molecule has 0 spiro atoms. The predicted octanol–water partition coefficient (Wildman–Crippen LogP) is -0.601. The van der Waals surface area contributed by atoms with E-state index in [1.165, 1.54) is 0 Å². The van der Waals surface area contributed by atoms with Crippen LogP contribution in [0.5, 0.6) is 0 Å². The van der Waals surface area contributed by atoms with Crippen LogP contribution in [0.2, 0.25) is 0 Å². The van der Waals surface area contributed by atoms with Crippen LogP contribution >= 0.6 is 0 Å². The van der Waals surface area contributed by atoms with E-state index in [2.05, 4.69) is 0 Å². The third-order valence-corrected chi connectivity index (χ3v) is 0. The zero-order valence-corrected chi connectivity index (χ0v) is 7.02. The molecule has 0 aliphatic heterocycles. The van der Waals surface area contributed by atoms with Gasteiger partial charge in [-0.15, -0.1) is 0 Å². The summed E-state index contributed by atoms with van der Waals surface area (Å²) in [6.45, 7) is 0. The maximum Gasteiger partial charge on any atom is 4.00 e. The fourth-order valence-electron chi connectivity index (χ4n) is 0. The first-order valence-electron chi connectivity index (χ1n) is 0. The molecular formula is Fe2O5Ti. The van der Waals surface area contributed by atoms with E-state index in [0.29, 0.717) is 0 Å². The minimum atomic E-state index is 0. The van der Waals surface area contributed by atoms with E-state index in [-0.39, 0.29) is 83.2 Å². The van der Waals surface area contributed by atoms with Crippen LogP contribution in [0.4, 0.5) is 0 Å². The molecule has 0 aromatic rings. The van der Waals surface area contributed by atoms with Crippen molar-refractivity contribution in [2.75, 3.05) is 0 Å². The Morgan fingerprint density at radius 1 is 0.375 bits per heavy atom. The molecule has 0 bridgehead atoms. The average Bonchev–Trinajstić information content (AvgIpc) is 0. The van der Waals surface area contributed by atoms with Gasteiger partial charge in [0.25, 0.3) is 0 Å². The zero-order chi connectivity index (χ0) is 0. The van der Waals surface area contributed by atoms with Gasteiger partial charge in [-0.1, -0.05) is 0 Å². The molecule has 0 amide bonds. The molecule has 0 N–H and O–H groups in total. The Kier molecular flexibility index (Phi) is 7320. The van der Waals surface area contributed by atoms with Crippen LogP contribution in [-0.4, -0.2) is 0 Å². The second-order valence-electron chi connectivity index (χ2n) is 0. The van der Waals surface area contributed by atoms with Gasteiger partial charge in [0.15, 0.2) is 0 Å². The normalized spacial score (nSPS) is 0. The van der Waals surface area contributed by atoms with Gasteiger partial charge in [0.2, 0.25) is 0 Å². The van der Waals surface area contributed by atoms with E-state index in [1.807, 2.05) is 0 Å². The monoisotopic (exact) mass is 240 g/mol. The molecule has 0 saturated heterocycles. The predicted molar refractivity (Wildman–Crippen MR) is 3.43 cm³/mol. The molecule has 0 heterocycles. The fraction of sp³-hybridized carbons (Fsp3) is 0. The van der Waals surface area contributed by atoms with Crippen molar-refractivity contribution >= 4 is 0 Å². The van der Waals surface area contributed by atoms with Crippen LogP contribution in [0.15, 0.2) is 0 Å². The van der Waals surface area contributed by atoms with Crippen LogP contribution in [0, 0.1) is 0 Å². The largest absolute Gasteiger partial charge is 4.00 e. The maximum absolute atomic E-state index is 0. The molecule has 0 fully saturated rings. The molecule has 0 aromatic heterocycles. The van der Waals surface area contributed by atoms with Crippen LogP contribution < -0.4 is 0 Å². The summed E-state index contributed by atoms with van der Waals surface area (Å²) in [6, 6.07) is 0. The summed E-state index contributed by atoms with van der Waals surface area (Å²) < 4.78 is 0. The van der Waals surface area contributed by atoms with E-state index < -0.39 is 0 Å². The second kappa shape index (κ2) is 202. The Balaban J connectivity index is 0. The van der Waals surface area contributed by atoms with Crippen LogP contribution in [0.3, 0.4) is 0 Å². The average molecular weight is 240 g/mol. The Morgan fingerprint density at radius 3 is 0.375 bits per heavy atom. The van der Waals surface area contributed by atoms with Crippen molar-refractivity contribution in [3.05, 3.63) is 0 Å². The topological polar surface area (TPSA) is 142 Å². The van der Waals surface area contributed by atoms with E-state index in [1.54, 1.807) is 0 Å².